The number of rotatable bonds is 2. The first-order chi connectivity index (χ1) is 5.38. The Morgan fingerprint density at radius 2 is 1.83 bits per heavy atom. The molecule has 0 fully saturated rings. The summed E-state index contributed by atoms with van der Waals surface area (Å²) in [5.41, 5.74) is 0.843. The fourth-order valence-corrected chi connectivity index (χ4v) is 1.63. The van der Waals surface area contributed by atoms with Gasteiger partial charge in [0.15, 0.2) is 5.89 Å². The molecular formula is C8H15NO2Si. The van der Waals surface area contributed by atoms with Gasteiger partial charge < -0.3 is 8.84 Å². The van der Waals surface area contributed by atoms with Gasteiger partial charge in [-0.15, -0.1) is 0 Å². The molecule has 0 bridgehead atoms. The molecule has 0 aliphatic carbocycles. The molecule has 1 rings (SSSR count). The van der Waals surface area contributed by atoms with E-state index < -0.39 is 8.32 Å². The number of aryl methyl sites for hydroxylation is 2. The first-order valence-corrected chi connectivity index (χ1v) is 7.42. The van der Waals surface area contributed by atoms with Gasteiger partial charge in [0.25, 0.3) is 5.95 Å². The van der Waals surface area contributed by atoms with Crippen LogP contribution in [0.15, 0.2) is 4.42 Å². The zero-order valence-corrected chi connectivity index (χ0v) is 9.26. The van der Waals surface area contributed by atoms with Crippen molar-refractivity contribution in [3.8, 4) is 5.95 Å². The maximum Gasteiger partial charge on any atom is 0.294 e. The number of hydrogen-bond acceptors (Lipinski definition) is 3. The van der Waals surface area contributed by atoms with Crippen molar-refractivity contribution in [1.29, 1.82) is 0 Å². The van der Waals surface area contributed by atoms with E-state index in [0.29, 0.717) is 11.8 Å². The van der Waals surface area contributed by atoms with Crippen LogP contribution in [0.2, 0.25) is 19.6 Å². The molecule has 0 aliphatic heterocycles. The predicted octanol–water partition coefficient (Wildman–Crippen LogP) is 2.51. The van der Waals surface area contributed by atoms with E-state index in [2.05, 4.69) is 24.6 Å². The minimum Gasteiger partial charge on any atom is -0.518 e. The van der Waals surface area contributed by atoms with Crippen molar-refractivity contribution < 1.29 is 8.84 Å². The van der Waals surface area contributed by atoms with E-state index >= 15 is 0 Å². The van der Waals surface area contributed by atoms with E-state index in [1.165, 1.54) is 0 Å². The summed E-state index contributed by atoms with van der Waals surface area (Å²) in [6, 6.07) is 0. The molecule has 0 atom stereocenters. The van der Waals surface area contributed by atoms with Gasteiger partial charge in [0.05, 0.1) is 0 Å². The van der Waals surface area contributed by atoms with Gasteiger partial charge in [-0.25, -0.2) is 4.98 Å². The first kappa shape index (κ1) is 9.32. The van der Waals surface area contributed by atoms with Crippen LogP contribution in [0.4, 0.5) is 0 Å². The molecule has 1 aromatic heterocycles. The number of aromatic nitrogens is 1. The van der Waals surface area contributed by atoms with Gasteiger partial charge in [0, 0.05) is 6.92 Å². The maximum absolute atomic E-state index is 5.66. The Labute approximate surface area is 73.9 Å². The lowest BCUT2D eigenvalue weighted by atomic mass is 10.5. The Kier molecular flexibility index (Phi) is 2.28. The van der Waals surface area contributed by atoms with E-state index in [4.69, 9.17) is 8.84 Å². The highest BCUT2D eigenvalue weighted by molar-refractivity contribution is 6.70. The van der Waals surface area contributed by atoms with Crippen molar-refractivity contribution in [1.82, 2.24) is 4.98 Å². The molecule has 0 amide bonds. The molecule has 0 unspecified atom stereocenters. The van der Waals surface area contributed by atoms with Gasteiger partial charge in [-0.1, -0.05) is 0 Å². The lowest BCUT2D eigenvalue weighted by molar-refractivity contribution is 0.370. The summed E-state index contributed by atoms with van der Waals surface area (Å²) in [4.78, 5) is 4.13. The van der Waals surface area contributed by atoms with Crippen LogP contribution in [-0.2, 0) is 0 Å². The Hall–Kier alpha value is -0.773. The smallest absolute Gasteiger partial charge is 0.294 e. The highest BCUT2D eigenvalue weighted by atomic mass is 28.4. The second kappa shape index (κ2) is 2.93. The van der Waals surface area contributed by atoms with Crippen molar-refractivity contribution in [2.24, 2.45) is 0 Å². The van der Waals surface area contributed by atoms with Gasteiger partial charge in [0.2, 0.25) is 8.32 Å². The Balaban J connectivity index is 2.82. The van der Waals surface area contributed by atoms with E-state index in [1.54, 1.807) is 0 Å². The highest BCUT2D eigenvalue weighted by Crippen LogP contribution is 2.21. The van der Waals surface area contributed by atoms with E-state index in [-0.39, 0.29) is 0 Å². The maximum atomic E-state index is 5.66. The topological polar surface area (TPSA) is 35.3 Å². The van der Waals surface area contributed by atoms with E-state index in [0.717, 1.165) is 5.69 Å². The van der Waals surface area contributed by atoms with Gasteiger partial charge in [-0.3, -0.25) is 0 Å². The van der Waals surface area contributed by atoms with Gasteiger partial charge in [-0.2, -0.15) is 0 Å². The molecule has 0 saturated heterocycles. The van der Waals surface area contributed by atoms with Crippen molar-refractivity contribution in [2.75, 3.05) is 0 Å². The lowest BCUT2D eigenvalue weighted by Crippen LogP contribution is -2.29. The molecule has 12 heavy (non-hydrogen) atoms. The van der Waals surface area contributed by atoms with Crippen LogP contribution in [0.3, 0.4) is 0 Å². The van der Waals surface area contributed by atoms with Crippen LogP contribution in [0, 0.1) is 13.8 Å². The molecule has 0 aromatic carbocycles. The third-order valence-corrected chi connectivity index (χ3v) is 2.06. The van der Waals surface area contributed by atoms with Crippen LogP contribution in [0.1, 0.15) is 11.6 Å². The van der Waals surface area contributed by atoms with Crippen molar-refractivity contribution >= 4 is 8.32 Å². The van der Waals surface area contributed by atoms with Gasteiger partial charge >= 0.3 is 0 Å². The van der Waals surface area contributed by atoms with Crippen LogP contribution in [-0.4, -0.2) is 13.3 Å². The monoisotopic (exact) mass is 185 g/mol. The summed E-state index contributed by atoms with van der Waals surface area (Å²) in [5.74, 6) is 1.26. The molecule has 3 nitrogen and oxygen atoms in total. The molecule has 0 N–H and O–H groups in total. The summed E-state index contributed by atoms with van der Waals surface area (Å²) >= 11 is 0. The largest absolute Gasteiger partial charge is 0.518 e. The minimum absolute atomic E-state index is 0.590. The molecule has 0 saturated carbocycles. The predicted molar refractivity (Wildman–Crippen MR) is 50.0 cm³/mol. The molecular weight excluding hydrogens is 170 g/mol. The van der Waals surface area contributed by atoms with Crippen molar-refractivity contribution in [2.45, 2.75) is 33.5 Å². The summed E-state index contributed by atoms with van der Waals surface area (Å²) < 4.78 is 11.0. The summed E-state index contributed by atoms with van der Waals surface area (Å²) in [7, 11) is -1.55. The summed E-state index contributed by atoms with van der Waals surface area (Å²) in [6.07, 6.45) is 0. The third-order valence-electron chi connectivity index (χ3n) is 1.26. The first-order valence-electron chi connectivity index (χ1n) is 4.01. The van der Waals surface area contributed by atoms with Crippen molar-refractivity contribution in [3.63, 3.8) is 0 Å². The number of hydrogen-bond donors (Lipinski definition) is 0. The second-order valence-electron chi connectivity index (χ2n) is 3.82. The quantitative estimate of drug-likeness (QED) is 0.664. The highest BCUT2D eigenvalue weighted by Gasteiger charge is 2.20. The molecule has 0 aliphatic rings. The zero-order valence-electron chi connectivity index (χ0n) is 8.26. The molecule has 68 valence electrons. The average Bonchev–Trinajstić information content (AvgIpc) is 2.06. The second-order valence-corrected chi connectivity index (χ2v) is 8.25. The number of nitrogens with zero attached hydrogens (tertiary/aromatic N) is 1. The molecule has 0 spiro atoms. The number of oxazole rings is 1. The summed E-state index contributed by atoms with van der Waals surface area (Å²) in [5, 5.41) is 0. The Morgan fingerprint density at radius 1 is 1.25 bits per heavy atom. The minimum atomic E-state index is -1.55. The lowest BCUT2D eigenvalue weighted by Gasteiger charge is -2.16. The Bertz CT molecular complexity index is 275. The fourth-order valence-electron chi connectivity index (χ4n) is 0.885. The van der Waals surface area contributed by atoms with E-state index in [9.17, 15) is 0 Å². The normalized spacial score (nSPS) is 11.8. The Morgan fingerprint density at radius 3 is 2.17 bits per heavy atom. The molecule has 0 radical (unpaired) electrons. The van der Waals surface area contributed by atoms with Crippen LogP contribution < -0.4 is 4.43 Å². The zero-order chi connectivity index (χ0) is 9.35. The SMILES string of the molecule is Cc1nc(C)c(O[Si](C)(C)C)o1. The summed E-state index contributed by atoms with van der Waals surface area (Å²) in [6.45, 7) is 10.1. The van der Waals surface area contributed by atoms with Crippen LogP contribution in [0.25, 0.3) is 0 Å². The molecule has 1 heterocycles. The van der Waals surface area contributed by atoms with Crippen molar-refractivity contribution in [3.05, 3.63) is 11.6 Å². The van der Waals surface area contributed by atoms with Gasteiger partial charge in [-0.05, 0) is 26.6 Å². The molecule has 4 heteroatoms. The van der Waals surface area contributed by atoms with Crippen LogP contribution >= 0.6 is 0 Å². The molecule has 1 aromatic rings. The van der Waals surface area contributed by atoms with E-state index in [1.807, 2.05) is 13.8 Å². The standard InChI is InChI=1S/C8H15NO2Si/c1-6-8(10-7(2)9-6)11-12(3,4)5/h1-5H3. The fraction of sp³-hybridized carbons (Fsp3) is 0.625. The van der Waals surface area contributed by atoms with Gasteiger partial charge in [0.1, 0.15) is 5.69 Å². The van der Waals surface area contributed by atoms with Crippen LogP contribution in [0.5, 0.6) is 5.95 Å². The average molecular weight is 185 g/mol. The third kappa shape index (κ3) is 2.37.